The molecule has 4 heterocycles. The number of amides is 1. The van der Waals surface area contributed by atoms with Crippen molar-refractivity contribution >= 4 is 28.6 Å². The maximum atomic E-state index is 13.3. The summed E-state index contributed by atoms with van der Waals surface area (Å²) in [5.41, 5.74) is 1.62. The molecule has 12 nitrogen and oxygen atoms in total. The summed E-state index contributed by atoms with van der Waals surface area (Å²) >= 11 is 0. The molecule has 0 bridgehead atoms. The van der Waals surface area contributed by atoms with E-state index in [-0.39, 0.29) is 17.4 Å². The number of carbonyl (C=O) groups excluding carboxylic acids is 1. The highest BCUT2D eigenvalue weighted by molar-refractivity contribution is 6.02. The third kappa shape index (κ3) is 3.56. The number of aromatic nitrogens is 6. The van der Waals surface area contributed by atoms with E-state index in [0.29, 0.717) is 28.2 Å². The van der Waals surface area contributed by atoms with Crippen LogP contribution in [0.1, 0.15) is 16.2 Å². The summed E-state index contributed by atoms with van der Waals surface area (Å²) in [6.45, 7) is 1.73. The molecule has 0 aliphatic carbocycles. The summed E-state index contributed by atoms with van der Waals surface area (Å²) in [5.74, 6) is -1.26. The van der Waals surface area contributed by atoms with E-state index in [1.54, 1.807) is 25.1 Å². The molecule has 33 heavy (non-hydrogen) atoms. The first-order valence-electron chi connectivity index (χ1n) is 9.48. The monoisotopic (exact) mass is 448 g/mol. The van der Waals surface area contributed by atoms with Crippen LogP contribution >= 0.6 is 0 Å². The van der Waals surface area contributed by atoms with Crippen molar-refractivity contribution < 1.29 is 18.5 Å². The minimum Gasteiger partial charge on any atom is -0.395 e. The minimum atomic E-state index is -0.735. The summed E-state index contributed by atoms with van der Waals surface area (Å²) in [4.78, 5) is 31.2. The second-order valence-electron chi connectivity index (χ2n) is 6.90. The Morgan fingerprint density at radius 1 is 1.15 bits per heavy atom. The van der Waals surface area contributed by atoms with Gasteiger partial charge in [0.15, 0.2) is 17.2 Å². The van der Waals surface area contributed by atoms with Gasteiger partial charge in [0.25, 0.3) is 5.91 Å². The van der Waals surface area contributed by atoms with E-state index in [2.05, 4.69) is 25.5 Å². The van der Waals surface area contributed by atoms with E-state index < -0.39 is 16.7 Å². The van der Waals surface area contributed by atoms with Gasteiger partial charge in [0, 0.05) is 6.07 Å². The smallest absolute Gasteiger partial charge is 0.395 e. The highest BCUT2D eigenvalue weighted by Crippen LogP contribution is 2.25. The van der Waals surface area contributed by atoms with Crippen molar-refractivity contribution in [3.05, 3.63) is 82.4 Å². The van der Waals surface area contributed by atoms with Crippen LogP contribution in [0.5, 0.6) is 0 Å². The number of carbonyl (C=O) groups is 1. The number of benzene rings is 1. The van der Waals surface area contributed by atoms with Gasteiger partial charge in [0.05, 0.1) is 29.0 Å². The van der Waals surface area contributed by atoms with Crippen LogP contribution in [0.4, 0.5) is 16.1 Å². The first kappa shape index (κ1) is 20.0. The Bertz CT molecular complexity index is 1520. The molecule has 0 unspecified atom stereocenters. The van der Waals surface area contributed by atoms with E-state index in [9.17, 15) is 19.3 Å². The normalized spacial score (nSPS) is 11.1. The molecular formula is C20H13FN8O4. The Balaban J connectivity index is 1.54. The number of hydrogen-bond donors (Lipinski definition) is 1. The number of rotatable bonds is 5. The summed E-state index contributed by atoms with van der Waals surface area (Å²) < 4.78 is 21.2. The molecule has 1 aromatic carbocycles. The zero-order valence-corrected chi connectivity index (χ0v) is 16.8. The second kappa shape index (κ2) is 7.64. The van der Waals surface area contributed by atoms with Crippen LogP contribution in [0.15, 0.2) is 59.4 Å². The summed E-state index contributed by atoms with van der Waals surface area (Å²) in [6.07, 6.45) is 2.85. The van der Waals surface area contributed by atoms with Crippen LogP contribution in [-0.2, 0) is 0 Å². The van der Waals surface area contributed by atoms with Gasteiger partial charge in [-0.3, -0.25) is 14.9 Å². The summed E-state index contributed by atoms with van der Waals surface area (Å²) in [6, 6.07) is 9.66. The zero-order chi connectivity index (χ0) is 23.1. The molecular weight excluding hydrogens is 435 g/mol. The van der Waals surface area contributed by atoms with E-state index in [4.69, 9.17) is 4.42 Å². The molecule has 164 valence electrons. The molecule has 5 rings (SSSR count). The number of halogens is 1. The van der Waals surface area contributed by atoms with Gasteiger partial charge in [-0.15, -0.1) is 0 Å². The van der Waals surface area contributed by atoms with Crippen molar-refractivity contribution in [2.45, 2.75) is 6.92 Å². The predicted octanol–water partition coefficient (Wildman–Crippen LogP) is 3.20. The second-order valence-corrected chi connectivity index (χ2v) is 6.90. The van der Waals surface area contributed by atoms with E-state index in [0.717, 1.165) is 6.07 Å². The molecule has 0 aliphatic heterocycles. The molecule has 0 fully saturated rings. The topological polar surface area (TPSA) is 147 Å². The Morgan fingerprint density at radius 2 is 1.94 bits per heavy atom. The van der Waals surface area contributed by atoms with Crippen LogP contribution < -0.4 is 5.32 Å². The molecule has 0 aliphatic rings. The first-order chi connectivity index (χ1) is 15.9. The first-order valence-corrected chi connectivity index (χ1v) is 9.48. The fourth-order valence-corrected chi connectivity index (χ4v) is 3.25. The maximum absolute atomic E-state index is 13.3. The van der Waals surface area contributed by atoms with Crippen molar-refractivity contribution in [2.75, 3.05) is 5.32 Å². The fourth-order valence-electron chi connectivity index (χ4n) is 3.25. The van der Waals surface area contributed by atoms with Gasteiger partial charge >= 0.3 is 5.88 Å². The molecule has 0 atom stereocenters. The van der Waals surface area contributed by atoms with E-state index in [1.807, 2.05) is 0 Å². The average Bonchev–Trinajstić information content (AvgIpc) is 3.52. The molecule has 0 saturated heterocycles. The van der Waals surface area contributed by atoms with Crippen molar-refractivity contribution in [1.29, 1.82) is 0 Å². The van der Waals surface area contributed by atoms with Crippen molar-refractivity contribution in [2.24, 2.45) is 0 Å². The molecule has 0 spiro atoms. The van der Waals surface area contributed by atoms with Crippen molar-refractivity contribution in [1.82, 2.24) is 29.5 Å². The highest BCUT2D eigenvalue weighted by atomic mass is 19.1. The van der Waals surface area contributed by atoms with Gasteiger partial charge < -0.3 is 9.73 Å². The van der Waals surface area contributed by atoms with Crippen LogP contribution in [0, 0.1) is 22.9 Å². The van der Waals surface area contributed by atoms with Crippen LogP contribution in [0.25, 0.3) is 22.5 Å². The van der Waals surface area contributed by atoms with Gasteiger partial charge in [0.1, 0.15) is 22.9 Å². The SMILES string of the molecule is Cc1cc(NC(=O)c2ccc([N+](=O)[O-])o2)n(-c2ncnc3c2cnn3-c2ccc(F)cc2)n1. The molecule has 0 radical (unpaired) electrons. The van der Waals surface area contributed by atoms with Gasteiger partial charge in [-0.05, 0) is 37.3 Å². The minimum absolute atomic E-state index is 0.232. The maximum Gasteiger partial charge on any atom is 0.433 e. The van der Waals surface area contributed by atoms with Crippen LogP contribution in [0.2, 0.25) is 0 Å². The molecule has 5 aromatic rings. The molecule has 1 amide bonds. The third-order valence-electron chi connectivity index (χ3n) is 4.69. The Labute approximate surface area is 183 Å². The number of anilines is 1. The number of nitro groups is 1. The average molecular weight is 448 g/mol. The lowest BCUT2D eigenvalue weighted by Gasteiger charge is -2.08. The zero-order valence-electron chi connectivity index (χ0n) is 16.8. The van der Waals surface area contributed by atoms with Crippen molar-refractivity contribution in [3.63, 3.8) is 0 Å². The van der Waals surface area contributed by atoms with Gasteiger partial charge in [0.2, 0.25) is 0 Å². The number of fused-ring (bicyclic) bond motifs is 1. The van der Waals surface area contributed by atoms with Crippen molar-refractivity contribution in [3.8, 4) is 11.5 Å². The number of nitrogens with zero attached hydrogens (tertiary/aromatic N) is 7. The molecule has 13 heteroatoms. The number of aryl methyl sites for hydroxylation is 1. The quantitative estimate of drug-likeness (QED) is 0.318. The standard InChI is InChI=1S/C20H13FN8O4/c1-11-8-16(25-20(30)15-6-7-17(33-15)29(31)32)28(26-11)19-14-9-24-27(18(14)22-10-23-19)13-4-2-12(21)3-5-13/h2-10H,1H3,(H,25,30). The fraction of sp³-hybridized carbons (Fsp3) is 0.0500. The van der Waals surface area contributed by atoms with Crippen LogP contribution in [-0.4, -0.2) is 40.4 Å². The third-order valence-corrected chi connectivity index (χ3v) is 4.69. The summed E-state index contributed by atoms with van der Waals surface area (Å²) in [5, 5.41) is 22.7. The number of furan rings is 1. The Morgan fingerprint density at radius 3 is 2.67 bits per heavy atom. The van der Waals surface area contributed by atoms with Gasteiger partial charge in [-0.2, -0.15) is 14.9 Å². The highest BCUT2D eigenvalue weighted by Gasteiger charge is 2.21. The number of nitrogens with one attached hydrogen (secondary N) is 1. The lowest BCUT2D eigenvalue weighted by molar-refractivity contribution is -0.402. The largest absolute Gasteiger partial charge is 0.433 e. The van der Waals surface area contributed by atoms with E-state index in [1.165, 1.54) is 40.1 Å². The Kier molecular flexibility index (Phi) is 4.63. The molecule has 1 N–H and O–H groups in total. The van der Waals surface area contributed by atoms with Gasteiger partial charge in [-0.1, -0.05) is 0 Å². The Hall–Kier alpha value is -4.94. The van der Waals surface area contributed by atoms with Gasteiger partial charge in [-0.25, -0.2) is 19.0 Å². The molecule has 4 aromatic heterocycles. The number of hydrogen-bond acceptors (Lipinski definition) is 8. The molecule has 0 saturated carbocycles. The summed E-state index contributed by atoms with van der Waals surface area (Å²) in [7, 11) is 0. The van der Waals surface area contributed by atoms with E-state index >= 15 is 0 Å². The lowest BCUT2D eigenvalue weighted by atomic mass is 10.3. The predicted molar refractivity (Wildman–Crippen MR) is 112 cm³/mol. The lowest BCUT2D eigenvalue weighted by Crippen LogP contribution is -2.15. The van der Waals surface area contributed by atoms with Crippen LogP contribution in [0.3, 0.4) is 0 Å².